The summed E-state index contributed by atoms with van der Waals surface area (Å²) in [6.07, 6.45) is 0.441. The first-order chi connectivity index (χ1) is 18.1. The summed E-state index contributed by atoms with van der Waals surface area (Å²) in [6, 6.07) is 7.05. The average molecular weight is 627 g/mol. The summed E-state index contributed by atoms with van der Waals surface area (Å²) >= 11 is 5.97. The molecule has 3 aliphatic rings. The van der Waals surface area contributed by atoms with Crippen molar-refractivity contribution in [1.29, 1.82) is 0 Å². The third-order valence-corrected chi connectivity index (χ3v) is 13.0. The van der Waals surface area contributed by atoms with Crippen molar-refractivity contribution >= 4 is 41.4 Å². The molecule has 1 spiro atoms. The van der Waals surface area contributed by atoms with Crippen LogP contribution < -0.4 is 4.74 Å². The van der Waals surface area contributed by atoms with Crippen molar-refractivity contribution in [3.63, 3.8) is 0 Å². The highest BCUT2D eigenvalue weighted by Gasteiger charge is 2.85. The van der Waals surface area contributed by atoms with Crippen LogP contribution in [0.15, 0.2) is 41.3 Å². The Kier molecular flexibility index (Phi) is 6.87. The molecule has 1 saturated carbocycles. The van der Waals surface area contributed by atoms with Crippen LogP contribution in [-0.4, -0.2) is 68.4 Å². The van der Waals surface area contributed by atoms with E-state index in [9.17, 15) is 29.6 Å². The molecule has 5 rings (SSSR count). The monoisotopic (exact) mass is 626 g/mol. The topological polar surface area (TPSA) is 130 Å². The molecule has 0 amide bonds. The van der Waals surface area contributed by atoms with E-state index in [1.165, 1.54) is 24.3 Å². The second kappa shape index (κ2) is 9.35. The van der Waals surface area contributed by atoms with E-state index in [1.807, 2.05) is 0 Å². The Morgan fingerprint density at radius 1 is 0.974 bits per heavy atom. The summed E-state index contributed by atoms with van der Waals surface area (Å²) in [5.41, 5.74) is -3.18. The van der Waals surface area contributed by atoms with Gasteiger partial charge in [-0.1, -0.05) is 11.6 Å². The van der Waals surface area contributed by atoms with Crippen LogP contribution in [0.2, 0.25) is 5.02 Å². The van der Waals surface area contributed by atoms with Gasteiger partial charge in [-0.3, -0.25) is 4.18 Å². The maximum atomic E-state index is 15.6. The van der Waals surface area contributed by atoms with Crippen LogP contribution in [0.5, 0.6) is 5.75 Å². The standard InChI is InChI=1S/C24H25ClF2O9S3/c1-37(28,29)36-11-13-38(30,31)12-9-23-14-22(23)15-34-21-19(27)7-6-18(26)20(21)24(22,8-10-35-23)39(32,33)17-4-2-16(25)3-5-17/h2-7H,8-15H2,1H3/t22-,23+,24+/m0/s1. The Morgan fingerprint density at radius 3 is 2.31 bits per heavy atom. The predicted molar refractivity (Wildman–Crippen MR) is 137 cm³/mol. The van der Waals surface area contributed by atoms with Gasteiger partial charge in [0.05, 0.1) is 52.5 Å². The van der Waals surface area contributed by atoms with Crippen molar-refractivity contribution in [3.8, 4) is 5.75 Å². The lowest BCUT2D eigenvalue weighted by atomic mass is 9.74. The smallest absolute Gasteiger partial charge is 0.264 e. The van der Waals surface area contributed by atoms with E-state index >= 15 is 4.39 Å². The van der Waals surface area contributed by atoms with Gasteiger partial charge in [0, 0.05) is 11.6 Å². The molecule has 15 heteroatoms. The van der Waals surface area contributed by atoms with E-state index in [2.05, 4.69) is 4.18 Å². The van der Waals surface area contributed by atoms with Gasteiger partial charge in [-0.05, 0) is 55.7 Å². The van der Waals surface area contributed by atoms with E-state index in [4.69, 9.17) is 21.1 Å². The first kappa shape index (κ1) is 28.7. The third-order valence-electron chi connectivity index (χ3n) is 7.96. The number of sulfone groups is 2. The first-order valence-electron chi connectivity index (χ1n) is 11.9. The molecule has 2 aliphatic heterocycles. The molecule has 3 atom stereocenters. The zero-order valence-electron chi connectivity index (χ0n) is 20.7. The van der Waals surface area contributed by atoms with Crippen LogP contribution in [-0.2, 0) is 43.5 Å². The van der Waals surface area contributed by atoms with Gasteiger partial charge in [-0.2, -0.15) is 8.42 Å². The van der Waals surface area contributed by atoms with Crippen LogP contribution in [0.3, 0.4) is 0 Å². The van der Waals surface area contributed by atoms with Crippen molar-refractivity contribution in [2.24, 2.45) is 5.41 Å². The van der Waals surface area contributed by atoms with Gasteiger partial charge in [-0.15, -0.1) is 0 Å². The highest BCUT2D eigenvalue weighted by molar-refractivity contribution is 7.92. The molecule has 2 fully saturated rings. The lowest BCUT2D eigenvalue weighted by Gasteiger charge is -2.50. The molecule has 9 nitrogen and oxygen atoms in total. The molecule has 1 aliphatic carbocycles. The molecule has 0 aromatic heterocycles. The number of hydrogen-bond acceptors (Lipinski definition) is 9. The Labute approximate surface area is 230 Å². The minimum absolute atomic E-state index is 0.0254. The van der Waals surface area contributed by atoms with Gasteiger partial charge in [0.15, 0.2) is 31.2 Å². The number of hydrogen-bond donors (Lipinski definition) is 0. The fourth-order valence-corrected chi connectivity index (χ4v) is 10.5. The van der Waals surface area contributed by atoms with Crippen molar-refractivity contribution in [1.82, 2.24) is 0 Å². The number of rotatable bonds is 9. The van der Waals surface area contributed by atoms with E-state index in [-0.39, 0.29) is 42.4 Å². The molecular formula is C24H25ClF2O9S3. The predicted octanol–water partition coefficient (Wildman–Crippen LogP) is 3.01. The number of fused-ring (bicyclic) bond motifs is 2. The quantitative estimate of drug-likeness (QED) is 0.386. The maximum Gasteiger partial charge on any atom is 0.264 e. The van der Waals surface area contributed by atoms with Crippen LogP contribution in [0.1, 0.15) is 24.8 Å². The van der Waals surface area contributed by atoms with Crippen LogP contribution in [0.25, 0.3) is 0 Å². The molecule has 1 saturated heterocycles. The lowest BCUT2D eigenvalue weighted by molar-refractivity contribution is -0.0747. The average Bonchev–Trinajstić information content (AvgIpc) is 3.52. The maximum absolute atomic E-state index is 15.6. The number of ether oxygens (including phenoxy) is 2. The summed E-state index contributed by atoms with van der Waals surface area (Å²) in [4.78, 5) is -0.156. The SMILES string of the molecule is CS(=O)(=O)OCCS(=O)(=O)CC[C@@]12C[C@]13COc1c(F)ccc(F)c1[C@]3(S(=O)(=O)c1ccc(Cl)cc1)CCO2. The van der Waals surface area contributed by atoms with Gasteiger partial charge in [0.1, 0.15) is 10.6 Å². The Balaban J connectivity index is 1.58. The number of benzene rings is 2. The van der Waals surface area contributed by atoms with Gasteiger partial charge >= 0.3 is 0 Å². The zero-order valence-corrected chi connectivity index (χ0v) is 23.9. The molecule has 39 heavy (non-hydrogen) atoms. The molecular weight excluding hydrogens is 602 g/mol. The van der Waals surface area contributed by atoms with E-state index in [0.29, 0.717) is 0 Å². The highest BCUT2D eigenvalue weighted by atomic mass is 35.5. The van der Waals surface area contributed by atoms with E-state index in [1.54, 1.807) is 0 Å². The summed E-state index contributed by atoms with van der Waals surface area (Å²) in [7, 11) is -12.1. The Morgan fingerprint density at radius 2 is 1.64 bits per heavy atom. The van der Waals surface area contributed by atoms with Crippen molar-refractivity contribution in [2.75, 3.05) is 37.6 Å². The molecule has 0 unspecified atom stereocenters. The Hall–Kier alpha value is -1.84. The summed E-state index contributed by atoms with van der Waals surface area (Å²) in [5, 5.41) is 0.281. The van der Waals surface area contributed by atoms with Gasteiger partial charge in [0.2, 0.25) is 0 Å². The van der Waals surface area contributed by atoms with Crippen molar-refractivity contribution in [2.45, 2.75) is 34.5 Å². The fraction of sp³-hybridized carbons (Fsp3) is 0.500. The van der Waals surface area contributed by atoms with Crippen molar-refractivity contribution < 1.29 is 47.7 Å². The fourth-order valence-electron chi connectivity index (χ4n) is 6.16. The molecule has 2 aromatic rings. The molecule has 2 heterocycles. The molecule has 0 N–H and O–H groups in total. The molecule has 0 bridgehead atoms. The second-order valence-corrected chi connectivity index (χ2v) is 16.6. The zero-order chi connectivity index (χ0) is 28.5. The third kappa shape index (κ3) is 4.47. The Bertz CT molecular complexity index is 1650. The highest BCUT2D eigenvalue weighted by Crippen LogP contribution is 2.77. The van der Waals surface area contributed by atoms with Crippen LogP contribution in [0, 0.1) is 17.0 Å². The molecule has 0 radical (unpaired) electrons. The summed E-state index contributed by atoms with van der Waals surface area (Å²) in [5.74, 6) is -3.44. The van der Waals surface area contributed by atoms with Crippen LogP contribution >= 0.6 is 11.6 Å². The normalized spacial score (nSPS) is 28.1. The van der Waals surface area contributed by atoms with Gasteiger partial charge in [0.25, 0.3) is 10.1 Å². The molecule has 214 valence electrons. The number of halogens is 3. The van der Waals surface area contributed by atoms with Crippen molar-refractivity contribution in [3.05, 3.63) is 58.6 Å². The second-order valence-electron chi connectivity index (χ2n) is 10.1. The first-order valence-corrected chi connectivity index (χ1v) is 17.4. The minimum atomic E-state index is -4.45. The van der Waals surface area contributed by atoms with Gasteiger partial charge < -0.3 is 9.47 Å². The molecule has 2 aromatic carbocycles. The lowest BCUT2D eigenvalue weighted by Crippen LogP contribution is -2.58. The minimum Gasteiger partial charge on any atom is -0.489 e. The van der Waals surface area contributed by atoms with Gasteiger partial charge in [-0.25, -0.2) is 25.6 Å². The van der Waals surface area contributed by atoms with E-state index in [0.717, 1.165) is 18.4 Å². The van der Waals surface area contributed by atoms with Crippen LogP contribution in [0.4, 0.5) is 8.78 Å². The summed E-state index contributed by atoms with van der Waals surface area (Å²) < 4.78 is 121. The van der Waals surface area contributed by atoms with E-state index < -0.39 is 86.6 Å². The summed E-state index contributed by atoms with van der Waals surface area (Å²) in [6.45, 7) is -1.08. The largest absolute Gasteiger partial charge is 0.489 e.